The lowest BCUT2D eigenvalue weighted by Crippen LogP contribution is -2.46. The second-order valence-electron chi connectivity index (χ2n) is 4.83. The van der Waals surface area contributed by atoms with E-state index in [9.17, 15) is 9.59 Å². The molecule has 2 fully saturated rings. The normalized spacial score (nSPS) is 49.9. The molecule has 0 aromatic rings. The summed E-state index contributed by atoms with van der Waals surface area (Å²) in [7, 11) is 0. The Hall–Kier alpha value is -1.32. The minimum Gasteiger partial charge on any atom is -0.481 e. The quantitative estimate of drug-likeness (QED) is 0.659. The summed E-state index contributed by atoms with van der Waals surface area (Å²) in [6.45, 7) is 0. The molecule has 2 bridgehead atoms. The first-order valence-corrected chi connectivity index (χ1v) is 5.25. The van der Waals surface area contributed by atoms with Gasteiger partial charge in [0.05, 0.1) is 11.8 Å². The molecule has 4 aliphatic rings. The Morgan fingerprint density at radius 1 is 0.933 bits per heavy atom. The fourth-order valence-electron chi connectivity index (χ4n) is 3.55. The van der Waals surface area contributed by atoms with Crippen LogP contribution in [0.5, 0.6) is 0 Å². The van der Waals surface area contributed by atoms with Gasteiger partial charge in [0.2, 0.25) is 0 Å². The van der Waals surface area contributed by atoms with Crippen LogP contribution in [0.15, 0.2) is 12.2 Å². The van der Waals surface area contributed by atoms with E-state index < -0.39 is 23.8 Å². The number of allylic oxidation sites excluding steroid dienone is 2. The average molecular weight is 208 g/mol. The van der Waals surface area contributed by atoms with Crippen LogP contribution in [0, 0.1) is 35.5 Å². The number of carboxylic acid groups (broad SMARTS) is 2. The lowest BCUT2D eigenvalue weighted by molar-refractivity contribution is -0.160. The molecule has 15 heavy (non-hydrogen) atoms. The lowest BCUT2D eigenvalue weighted by atomic mass is 9.62. The average Bonchev–Trinajstić information content (AvgIpc) is 2.96. The maximum atomic E-state index is 11.1. The van der Waals surface area contributed by atoms with Gasteiger partial charge in [-0.05, 0) is 30.1 Å². The van der Waals surface area contributed by atoms with Crippen molar-refractivity contribution >= 4 is 11.9 Å². The standard InChI is InChI=1S/C11H12O4/c12-10(13)8-4-1-2-5(7-3-6(4)7)9(8)11(14)15/h1-2,4-9H,3H2,(H,12,13)(H,14,15)/t4-,5-,6-,7-,8+,9+/m0/s1. The Balaban J connectivity index is 2.02. The molecule has 0 aromatic heterocycles. The Bertz CT molecular complexity index is 339. The maximum Gasteiger partial charge on any atom is 0.308 e. The van der Waals surface area contributed by atoms with E-state index in [4.69, 9.17) is 10.2 Å². The Kier molecular flexibility index (Phi) is 1.56. The van der Waals surface area contributed by atoms with E-state index in [-0.39, 0.29) is 11.8 Å². The van der Waals surface area contributed by atoms with Gasteiger partial charge in [-0.15, -0.1) is 0 Å². The van der Waals surface area contributed by atoms with Crippen molar-refractivity contribution in [1.29, 1.82) is 0 Å². The van der Waals surface area contributed by atoms with Gasteiger partial charge in [-0.3, -0.25) is 9.59 Å². The van der Waals surface area contributed by atoms with Gasteiger partial charge in [0.15, 0.2) is 0 Å². The SMILES string of the molecule is O=C(O)[C@@H]1[C@H]2C=C[C@@H]([C@@H]3C[C@@H]23)[C@H]1C(=O)O. The molecule has 0 spiro atoms. The molecule has 0 aromatic carbocycles. The summed E-state index contributed by atoms with van der Waals surface area (Å²) in [6, 6.07) is 0. The van der Waals surface area contributed by atoms with Gasteiger partial charge in [0.1, 0.15) is 0 Å². The van der Waals surface area contributed by atoms with Gasteiger partial charge in [-0.1, -0.05) is 12.2 Å². The van der Waals surface area contributed by atoms with Crippen molar-refractivity contribution in [3.63, 3.8) is 0 Å². The number of carboxylic acids is 2. The molecule has 80 valence electrons. The molecule has 0 heterocycles. The van der Waals surface area contributed by atoms with Crippen molar-refractivity contribution in [2.45, 2.75) is 6.42 Å². The number of fused-ring (bicyclic) bond motifs is 1. The van der Waals surface area contributed by atoms with Crippen LogP contribution in [0.1, 0.15) is 6.42 Å². The van der Waals surface area contributed by atoms with Crippen molar-refractivity contribution < 1.29 is 19.8 Å². The van der Waals surface area contributed by atoms with Gasteiger partial charge in [0.25, 0.3) is 0 Å². The molecule has 2 N–H and O–H groups in total. The van der Waals surface area contributed by atoms with Crippen LogP contribution in [0.3, 0.4) is 0 Å². The topological polar surface area (TPSA) is 74.6 Å². The highest BCUT2D eigenvalue weighted by Crippen LogP contribution is 2.63. The van der Waals surface area contributed by atoms with Crippen LogP contribution in [-0.2, 0) is 9.59 Å². The van der Waals surface area contributed by atoms with Crippen molar-refractivity contribution in [3.8, 4) is 0 Å². The molecule has 4 rings (SSSR count). The number of carbonyl (C=O) groups is 2. The molecule has 0 amide bonds. The molecule has 0 radical (unpaired) electrons. The Morgan fingerprint density at radius 2 is 1.33 bits per heavy atom. The monoisotopic (exact) mass is 208 g/mol. The van der Waals surface area contributed by atoms with Crippen LogP contribution in [0.4, 0.5) is 0 Å². The summed E-state index contributed by atoms with van der Waals surface area (Å²) in [5, 5.41) is 18.2. The zero-order valence-corrected chi connectivity index (χ0v) is 8.04. The summed E-state index contributed by atoms with van der Waals surface area (Å²) >= 11 is 0. The van der Waals surface area contributed by atoms with E-state index in [1.54, 1.807) is 0 Å². The Labute approximate surface area is 86.6 Å². The van der Waals surface area contributed by atoms with Crippen LogP contribution >= 0.6 is 0 Å². The second kappa shape index (κ2) is 2.62. The molecule has 4 heteroatoms. The third-order valence-corrected chi connectivity index (χ3v) is 4.22. The fourth-order valence-corrected chi connectivity index (χ4v) is 3.55. The molecular weight excluding hydrogens is 196 g/mol. The zero-order valence-electron chi connectivity index (χ0n) is 8.04. The van der Waals surface area contributed by atoms with Gasteiger partial charge in [0, 0.05) is 0 Å². The lowest BCUT2D eigenvalue weighted by Gasteiger charge is -2.40. The minimum atomic E-state index is -0.952. The highest BCUT2D eigenvalue weighted by molar-refractivity contribution is 5.82. The Morgan fingerprint density at radius 3 is 1.67 bits per heavy atom. The van der Waals surface area contributed by atoms with E-state index in [1.165, 1.54) is 0 Å². The zero-order chi connectivity index (χ0) is 10.7. The maximum absolute atomic E-state index is 11.1. The highest BCUT2D eigenvalue weighted by Gasteiger charge is 2.63. The van der Waals surface area contributed by atoms with E-state index in [0.717, 1.165) is 6.42 Å². The number of aliphatic carboxylic acids is 2. The van der Waals surface area contributed by atoms with Crippen LogP contribution in [0.25, 0.3) is 0 Å². The molecular formula is C11H12O4. The van der Waals surface area contributed by atoms with Crippen LogP contribution in [-0.4, -0.2) is 22.2 Å². The smallest absolute Gasteiger partial charge is 0.308 e. The third kappa shape index (κ3) is 1.02. The minimum absolute atomic E-state index is 0.0430. The van der Waals surface area contributed by atoms with E-state index >= 15 is 0 Å². The predicted molar refractivity (Wildman–Crippen MR) is 50.0 cm³/mol. The van der Waals surface area contributed by atoms with Crippen molar-refractivity contribution in [2.24, 2.45) is 35.5 Å². The third-order valence-electron chi connectivity index (χ3n) is 4.22. The fraction of sp³-hybridized carbons (Fsp3) is 0.636. The van der Waals surface area contributed by atoms with Crippen molar-refractivity contribution in [3.05, 3.63) is 12.2 Å². The van der Waals surface area contributed by atoms with Gasteiger partial charge in [-0.2, -0.15) is 0 Å². The summed E-state index contributed by atoms with van der Waals surface area (Å²) in [5.41, 5.74) is 0. The van der Waals surface area contributed by atoms with Crippen molar-refractivity contribution in [2.75, 3.05) is 0 Å². The first-order valence-electron chi connectivity index (χ1n) is 5.25. The molecule has 2 saturated carbocycles. The molecule has 6 atom stereocenters. The largest absolute Gasteiger partial charge is 0.481 e. The second-order valence-corrected chi connectivity index (χ2v) is 4.83. The van der Waals surface area contributed by atoms with E-state index in [2.05, 4.69) is 0 Å². The molecule has 4 aliphatic carbocycles. The molecule has 0 unspecified atom stereocenters. The van der Waals surface area contributed by atoms with Crippen molar-refractivity contribution in [1.82, 2.24) is 0 Å². The van der Waals surface area contributed by atoms with Gasteiger partial charge < -0.3 is 10.2 Å². The number of hydrogen-bond acceptors (Lipinski definition) is 2. The summed E-state index contributed by atoms with van der Waals surface area (Å²) in [6.07, 6.45) is 4.87. The summed E-state index contributed by atoms with van der Waals surface area (Å²) in [5.74, 6) is -2.52. The van der Waals surface area contributed by atoms with Crippen LogP contribution in [0.2, 0.25) is 0 Å². The van der Waals surface area contributed by atoms with E-state index in [1.807, 2.05) is 12.2 Å². The predicted octanol–water partition coefficient (Wildman–Crippen LogP) is 0.840. The van der Waals surface area contributed by atoms with E-state index in [0.29, 0.717) is 11.8 Å². The molecule has 0 saturated heterocycles. The first kappa shape index (κ1) is 8.95. The molecule has 0 aliphatic heterocycles. The first-order chi connectivity index (χ1) is 7.11. The molecule has 4 nitrogen and oxygen atoms in total. The van der Waals surface area contributed by atoms with Gasteiger partial charge >= 0.3 is 11.9 Å². The highest BCUT2D eigenvalue weighted by atomic mass is 16.4. The van der Waals surface area contributed by atoms with Crippen LogP contribution < -0.4 is 0 Å². The summed E-state index contributed by atoms with van der Waals surface area (Å²) in [4.78, 5) is 22.3. The number of rotatable bonds is 2. The van der Waals surface area contributed by atoms with Gasteiger partial charge in [-0.25, -0.2) is 0 Å². The number of hydrogen-bond donors (Lipinski definition) is 2. The summed E-state index contributed by atoms with van der Waals surface area (Å²) < 4.78 is 0.